The fraction of sp³-hybridized carbons (Fsp3) is 0.588. The van der Waals surface area contributed by atoms with Gasteiger partial charge in [0.2, 0.25) is 5.89 Å². The highest BCUT2D eigenvalue weighted by Crippen LogP contribution is 2.23. The third-order valence-electron chi connectivity index (χ3n) is 4.66. The number of oxazole rings is 1. The standard InChI is InChI=1S/C17H24N4O3/c1-20-10-8-18-15(20)7-6-13-5-3-4-9-21(13)11-16-19-14(12-24-16)17(22)23-2/h8,10,12-13H,3-7,9,11H2,1-2H3/t13-/m1/s1. The van der Waals surface area contributed by atoms with Crippen LogP contribution in [0.1, 0.15) is 47.9 Å². The summed E-state index contributed by atoms with van der Waals surface area (Å²) in [7, 11) is 3.37. The minimum Gasteiger partial charge on any atom is -0.464 e. The van der Waals surface area contributed by atoms with Gasteiger partial charge in [0, 0.05) is 31.9 Å². The Labute approximate surface area is 141 Å². The number of hydrogen-bond donors (Lipinski definition) is 0. The van der Waals surface area contributed by atoms with E-state index in [2.05, 4.69) is 24.2 Å². The van der Waals surface area contributed by atoms with E-state index in [9.17, 15) is 4.79 Å². The number of aryl methyl sites for hydroxylation is 2. The molecule has 7 heteroatoms. The molecule has 3 heterocycles. The number of rotatable bonds is 6. The summed E-state index contributed by atoms with van der Waals surface area (Å²) in [4.78, 5) is 22.5. The van der Waals surface area contributed by atoms with Gasteiger partial charge in [-0.15, -0.1) is 0 Å². The Balaban J connectivity index is 1.60. The van der Waals surface area contributed by atoms with Crippen molar-refractivity contribution in [2.24, 2.45) is 7.05 Å². The first kappa shape index (κ1) is 16.7. The molecule has 0 aliphatic carbocycles. The largest absolute Gasteiger partial charge is 0.464 e. The molecule has 2 aromatic heterocycles. The van der Waals surface area contributed by atoms with Crippen LogP contribution in [0, 0.1) is 0 Å². The predicted molar refractivity (Wildman–Crippen MR) is 87.4 cm³/mol. The van der Waals surface area contributed by atoms with Crippen LogP contribution in [0.5, 0.6) is 0 Å². The number of hydrogen-bond acceptors (Lipinski definition) is 6. The van der Waals surface area contributed by atoms with E-state index in [4.69, 9.17) is 4.42 Å². The normalized spacial score (nSPS) is 18.7. The Kier molecular flexibility index (Phi) is 5.30. The van der Waals surface area contributed by atoms with E-state index in [-0.39, 0.29) is 5.69 Å². The molecule has 7 nitrogen and oxygen atoms in total. The van der Waals surface area contributed by atoms with Crippen LogP contribution < -0.4 is 0 Å². The van der Waals surface area contributed by atoms with Gasteiger partial charge in [0.15, 0.2) is 5.69 Å². The molecule has 1 atom stereocenters. The molecule has 0 saturated carbocycles. The van der Waals surface area contributed by atoms with Gasteiger partial charge in [0.1, 0.15) is 12.1 Å². The van der Waals surface area contributed by atoms with Crippen molar-refractivity contribution in [3.05, 3.63) is 36.1 Å². The van der Waals surface area contributed by atoms with Crippen molar-refractivity contribution >= 4 is 5.97 Å². The van der Waals surface area contributed by atoms with Crippen LogP contribution >= 0.6 is 0 Å². The van der Waals surface area contributed by atoms with Crippen LogP contribution in [0.15, 0.2) is 23.1 Å². The molecule has 0 unspecified atom stereocenters. The van der Waals surface area contributed by atoms with Crippen LogP contribution in [0.25, 0.3) is 0 Å². The molecule has 1 fully saturated rings. The Morgan fingerprint density at radius 3 is 3.08 bits per heavy atom. The fourth-order valence-corrected chi connectivity index (χ4v) is 3.28. The lowest BCUT2D eigenvalue weighted by Crippen LogP contribution is -2.39. The number of ether oxygens (including phenoxy) is 1. The molecule has 24 heavy (non-hydrogen) atoms. The quantitative estimate of drug-likeness (QED) is 0.755. The highest BCUT2D eigenvalue weighted by atomic mass is 16.5. The molecule has 1 saturated heterocycles. The molecule has 0 amide bonds. The first-order valence-corrected chi connectivity index (χ1v) is 8.40. The lowest BCUT2D eigenvalue weighted by molar-refractivity contribution is 0.0593. The summed E-state index contributed by atoms with van der Waals surface area (Å²) in [5, 5.41) is 0. The summed E-state index contributed by atoms with van der Waals surface area (Å²) in [5.74, 6) is 1.22. The fourth-order valence-electron chi connectivity index (χ4n) is 3.28. The summed E-state index contributed by atoms with van der Waals surface area (Å²) in [6.07, 6.45) is 10.8. The Hall–Kier alpha value is -2.15. The van der Waals surface area contributed by atoms with Crippen molar-refractivity contribution in [2.45, 2.75) is 44.7 Å². The average Bonchev–Trinajstić information content (AvgIpc) is 3.22. The van der Waals surface area contributed by atoms with Gasteiger partial charge >= 0.3 is 5.97 Å². The second-order valence-corrected chi connectivity index (χ2v) is 6.23. The second-order valence-electron chi connectivity index (χ2n) is 6.23. The Bertz CT molecular complexity index is 679. The molecule has 0 aromatic carbocycles. The molecule has 1 aliphatic heterocycles. The maximum absolute atomic E-state index is 11.5. The van der Waals surface area contributed by atoms with Crippen LogP contribution in [0.2, 0.25) is 0 Å². The number of nitrogens with zero attached hydrogens (tertiary/aromatic N) is 4. The number of carbonyl (C=O) groups is 1. The maximum Gasteiger partial charge on any atom is 0.360 e. The van der Waals surface area contributed by atoms with Gasteiger partial charge < -0.3 is 13.7 Å². The van der Waals surface area contributed by atoms with Crippen molar-refractivity contribution in [3.63, 3.8) is 0 Å². The number of likely N-dealkylation sites (tertiary alicyclic amines) is 1. The monoisotopic (exact) mass is 332 g/mol. The smallest absolute Gasteiger partial charge is 0.360 e. The van der Waals surface area contributed by atoms with Gasteiger partial charge in [-0.05, 0) is 25.8 Å². The Morgan fingerprint density at radius 2 is 2.33 bits per heavy atom. The van der Waals surface area contributed by atoms with E-state index in [1.807, 2.05) is 19.4 Å². The number of esters is 1. The Morgan fingerprint density at radius 1 is 1.46 bits per heavy atom. The molecule has 1 aliphatic rings. The zero-order valence-corrected chi connectivity index (χ0v) is 14.3. The predicted octanol–water partition coefficient (Wildman–Crippen LogP) is 2.18. The zero-order chi connectivity index (χ0) is 16.9. The average molecular weight is 332 g/mol. The topological polar surface area (TPSA) is 73.4 Å². The summed E-state index contributed by atoms with van der Waals surface area (Å²) in [5.41, 5.74) is 0.231. The van der Waals surface area contributed by atoms with E-state index in [0.29, 0.717) is 18.5 Å². The third-order valence-corrected chi connectivity index (χ3v) is 4.66. The lowest BCUT2D eigenvalue weighted by Gasteiger charge is -2.34. The molecule has 2 aromatic rings. The van der Waals surface area contributed by atoms with Gasteiger partial charge in [-0.2, -0.15) is 0 Å². The van der Waals surface area contributed by atoms with Crippen LogP contribution in [0.3, 0.4) is 0 Å². The summed E-state index contributed by atoms with van der Waals surface area (Å²) in [6, 6.07) is 0.490. The van der Waals surface area contributed by atoms with E-state index in [1.165, 1.54) is 32.6 Å². The van der Waals surface area contributed by atoms with Crippen molar-refractivity contribution < 1.29 is 13.9 Å². The first-order chi connectivity index (χ1) is 11.7. The van der Waals surface area contributed by atoms with E-state index < -0.39 is 5.97 Å². The number of aromatic nitrogens is 3. The number of carbonyl (C=O) groups excluding carboxylic acids is 1. The highest BCUT2D eigenvalue weighted by Gasteiger charge is 2.24. The maximum atomic E-state index is 11.5. The van der Waals surface area contributed by atoms with Gasteiger partial charge in [-0.1, -0.05) is 6.42 Å². The lowest BCUT2D eigenvalue weighted by atomic mass is 9.98. The number of piperidine rings is 1. The molecular formula is C17H24N4O3. The summed E-state index contributed by atoms with van der Waals surface area (Å²) >= 11 is 0. The van der Waals surface area contributed by atoms with E-state index >= 15 is 0 Å². The molecule has 3 rings (SSSR count). The van der Waals surface area contributed by atoms with E-state index in [0.717, 1.165) is 25.2 Å². The summed E-state index contributed by atoms with van der Waals surface area (Å²) < 4.78 is 12.2. The van der Waals surface area contributed by atoms with Crippen LogP contribution in [0.4, 0.5) is 0 Å². The van der Waals surface area contributed by atoms with Crippen molar-refractivity contribution in [2.75, 3.05) is 13.7 Å². The highest BCUT2D eigenvalue weighted by molar-refractivity contribution is 5.86. The van der Waals surface area contributed by atoms with Crippen LogP contribution in [-0.4, -0.2) is 45.1 Å². The molecule has 0 N–H and O–H groups in total. The zero-order valence-electron chi connectivity index (χ0n) is 14.3. The molecule has 0 radical (unpaired) electrons. The number of methoxy groups -OCH3 is 1. The first-order valence-electron chi connectivity index (χ1n) is 8.40. The summed E-state index contributed by atoms with van der Waals surface area (Å²) in [6.45, 7) is 1.66. The van der Waals surface area contributed by atoms with Crippen LogP contribution in [-0.2, 0) is 24.8 Å². The molecule has 0 bridgehead atoms. The molecular weight excluding hydrogens is 308 g/mol. The van der Waals surface area contributed by atoms with Gasteiger partial charge in [-0.3, -0.25) is 4.90 Å². The van der Waals surface area contributed by atoms with Gasteiger partial charge in [-0.25, -0.2) is 14.8 Å². The third kappa shape index (κ3) is 3.84. The van der Waals surface area contributed by atoms with Crippen molar-refractivity contribution in [1.29, 1.82) is 0 Å². The SMILES string of the molecule is COC(=O)c1coc(CN2CCCC[C@@H]2CCc2nccn2C)n1. The van der Waals surface area contributed by atoms with Crippen molar-refractivity contribution in [1.82, 2.24) is 19.4 Å². The van der Waals surface area contributed by atoms with Gasteiger partial charge in [0.25, 0.3) is 0 Å². The minimum absolute atomic E-state index is 0.231. The van der Waals surface area contributed by atoms with Crippen molar-refractivity contribution in [3.8, 4) is 0 Å². The molecule has 130 valence electrons. The van der Waals surface area contributed by atoms with E-state index in [1.54, 1.807) is 0 Å². The second kappa shape index (κ2) is 7.61. The number of imidazole rings is 1. The van der Waals surface area contributed by atoms with Gasteiger partial charge in [0.05, 0.1) is 13.7 Å². The molecule has 0 spiro atoms. The minimum atomic E-state index is -0.463.